The first-order valence-electron chi connectivity index (χ1n) is 4.62. The van der Waals surface area contributed by atoms with E-state index in [0.29, 0.717) is 0 Å². The van der Waals surface area contributed by atoms with Crippen LogP contribution >= 0.6 is 11.6 Å². The first-order chi connectivity index (χ1) is 7.54. The summed E-state index contributed by atoms with van der Waals surface area (Å²) in [5, 5.41) is 0.0729. The zero-order chi connectivity index (χ0) is 12.1. The number of aromatic nitrogens is 1. The molecule has 0 atom stereocenters. The van der Waals surface area contributed by atoms with E-state index in [-0.39, 0.29) is 29.3 Å². The summed E-state index contributed by atoms with van der Waals surface area (Å²) < 4.78 is 29.8. The lowest BCUT2D eigenvalue weighted by Crippen LogP contribution is -2.09. The topological polar surface area (TPSA) is 39.2 Å². The Hall–Kier alpha value is -1.23. The van der Waals surface area contributed by atoms with E-state index in [1.807, 2.05) is 0 Å². The van der Waals surface area contributed by atoms with Gasteiger partial charge in [-0.05, 0) is 18.6 Å². The largest absolute Gasteiger partial charge is 0.466 e. The molecule has 0 amide bonds. The van der Waals surface area contributed by atoms with Gasteiger partial charge in [-0.1, -0.05) is 11.6 Å². The molecule has 6 heteroatoms. The van der Waals surface area contributed by atoms with Crippen molar-refractivity contribution in [2.45, 2.75) is 19.8 Å². The molecule has 3 nitrogen and oxygen atoms in total. The van der Waals surface area contributed by atoms with E-state index in [1.165, 1.54) is 6.07 Å². The maximum atomic E-state index is 12.6. The molecule has 0 saturated carbocycles. The van der Waals surface area contributed by atoms with Gasteiger partial charge in [-0.2, -0.15) is 0 Å². The van der Waals surface area contributed by atoms with Crippen LogP contribution in [0.1, 0.15) is 24.5 Å². The second-order valence-corrected chi connectivity index (χ2v) is 3.38. The van der Waals surface area contributed by atoms with Crippen LogP contribution in [0.3, 0.4) is 0 Å². The van der Waals surface area contributed by atoms with Gasteiger partial charge in [-0.3, -0.25) is 4.79 Å². The fourth-order valence-electron chi connectivity index (χ4n) is 1.20. The monoisotopic (exact) mass is 249 g/mol. The van der Waals surface area contributed by atoms with Crippen LogP contribution in [0.4, 0.5) is 8.78 Å². The van der Waals surface area contributed by atoms with Crippen molar-refractivity contribution >= 4 is 17.6 Å². The van der Waals surface area contributed by atoms with Crippen molar-refractivity contribution in [2.75, 3.05) is 6.61 Å². The maximum absolute atomic E-state index is 12.6. The summed E-state index contributed by atoms with van der Waals surface area (Å²) in [4.78, 5) is 14.7. The zero-order valence-corrected chi connectivity index (χ0v) is 9.30. The fourth-order valence-corrected chi connectivity index (χ4v) is 1.38. The summed E-state index contributed by atoms with van der Waals surface area (Å²) in [6.07, 6.45) is -1.94. The standard InChI is InChI=1S/C10H10ClF2NO2/c1-2-16-9(15)4-6-3-8(11)14-5-7(6)10(12)13/h3,5,10H,2,4H2,1H3. The lowest BCUT2D eigenvalue weighted by Gasteiger charge is -2.08. The minimum absolute atomic E-state index is 0.0729. The Morgan fingerprint density at radius 1 is 1.62 bits per heavy atom. The van der Waals surface area contributed by atoms with Gasteiger partial charge in [-0.15, -0.1) is 0 Å². The first kappa shape index (κ1) is 12.8. The van der Waals surface area contributed by atoms with Crippen LogP contribution in [-0.2, 0) is 16.0 Å². The number of rotatable bonds is 4. The number of hydrogen-bond donors (Lipinski definition) is 0. The summed E-state index contributed by atoms with van der Waals surface area (Å²) in [5.41, 5.74) is -0.147. The van der Waals surface area contributed by atoms with Crippen molar-refractivity contribution in [1.29, 1.82) is 0 Å². The third-order valence-corrected chi connectivity index (χ3v) is 2.07. The van der Waals surface area contributed by atoms with Crippen LogP contribution in [0.5, 0.6) is 0 Å². The van der Waals surface area contributed by atoms with Crippen LogP contribution in [0, 0.1) is 0 Å². The minimum Gasteiger partial charge on any atom is -0.466 e. The molecule has 0 aliphatic carbocycles. The molecule has 0 saturated heterocycles. The highest BCUT2D eigenvalue weighted by atomic mass is 35.5. The molecule has 0 fully saturated rings. The minimum atomic E-state index is -2.69. The lowest BCUT2D eigenvalue weighted by molar-refractivity contribution is -0.142. The molecule has 0 aromatic carbocycles. The molecule has 0 N–H and O–H groups in total. The number of ether oxygens (including phenoxy) is 1. The number of hydrogen-bond acceptors (Lipinski definition) is 3. The number of halogens is 3. The summed E-state index contributed by atoms with van der Waals surface area (Å²) in [6, 6.07) is 1.25. The molecule has 16 heavy (non-hydrogen) atoms. The lowest BCUT2D eigenvalue weighted by atomic mass is 10.1. The maximum Gasteiger partial charge on any atom is 0.310 e. The van der Waals surface area contributed by atoms with E-state index in [1.54, 1.807) is 6.92 Å². The molecule has 0 spiro atoms. The molecule has 0 aliphatic rings. The number of alkyl halides is 2. The summed E-state index contributed by atoms with van der Waals surface area (Å²) in [5.74, 6) is -0.563. The van der Waals surface area contributed by atoms with Crippen molar-refractivity contribution in [3.63, 3.8) is 0 Å². The Labute approximate surface area is 96.4 Å². The van der Waals surface area contributed by atoms with Crippen molar-refractivity contribution in [3.05, 3.63) is 28.5 Å². The van der Waals surface area contributed by atoms with Crippen LogP contribution in [0.25, 0.3) is 0 Å². The second kappa shape index (κ2) is 5.75. The van der Waals surface area contributed by atoms with Gasteiger partial charge in [0.25, 0.3) is 6.43 Å². The summed E-state index contributed by atoms with van der Waals surface area (Å²) in [7, 11) is 0. The van der Waals surface area contributed by atoms with Gasteiger partial charge in [0.2, 0.25) is 0 Å². The summed E-state index contributed by atoms with van der Waals surface area (Å²) >= 11 is 5.57. The van der Waals surface area contributed by atoms with Gasteiger partial charge in [0, 0.05) is 11.8 Å². The summed E-state index contributed by atoms with van der Waals surface area (Å²) in [6.45, 7) is 1.85. The highest BCUT2D eigenvalue weighted by Crippen LogP contribution is 2.24. The Morgan fingerprint density at radius 2 is 2.31 bits per heavy atom. The third kappa shape index (κ3) is 3.41. The smallest absolute Gasteiger partial charge is 0.310 e. The van der Waals surface area contributed by atoms with E-state index in [9.17, 15) is 13.6 Å². The number of nitrogens with zero attached hydrogens (tertiary/aromatic N) is 1. The van der Waals surface area contributed by atoms with Crippen LogP contribution in [0.15, 0.2) is 12.3 Å². The Bertz CT molecular complexity index is 385. The third-order valence-electron chi connectivity index (χ3n) is 1.87. The van der Waals surface area contributed by atoms with Crippen LogP contribution in [0.2, 0.25) is 5.15 Å². The molecule has 0 unspecified atom stereocenters. The molecular weight excluding hydrogens is 240 g/mol. The van der Waals surface area contributed by atoms with Crippen molar-refractivity contribution in [3.8, 4) is 0 Å². The molecule has 0 aliphatic heterocycles. The van der Waals surface area contributed by atoms with E-state index in [0.717, 1.165) is 6.20 Å². The molecule has 0 radical (unpaired) electrons. The SMILES string of the molecule is CCOC(=O)Cc1cc(Cl)ncc1C(F)F. The Balaban J connectivity index is 2.92. The van der Waals surface area contributed by atoms with Crippen molar-refractivity contribution < 1.29 is 18.3 Å². The van der Waals surface area contributed by atoms with Gasteiger partial charge in [0.15, 0.2) is 0 Å². The van der Waals surface area contributed by atoms with Crippen LogP contribution < -0.4 is 0 Å². The van der Waals surface area contributed by atoms with Crippen molar-refractivity contribution in [2.24, 2.45) is 0 Å². The van der Waals surface area contributed by atoms with E-state index in [2.05, 4.69) is 9.72 Å². The quantitative estimate of drug-likeness (QED) is 0.608. The molecule has 88 valence electrons. The van der Waals surface area contributed by atoms with Gasteiger partial charge in [0.05, 0.1) is 13.0 Å². The van der Waals surface area contributed by atoms with E-state index in [4.69, 9.17) is 11.6 Å². The number of carbonyl (C=O) groups excluding carboxylic acids is 1. The van der Waals surface area contributed by atoms with Crippen LogP contribution in [-0.4, -0.2) is 17.6 Å². The van der Waals surface area contributed by atoms with Gasteiger partial charge < -0.3 is 4.74 Å². The van der Waals surface area contributed by atoms with Crippen molar-refractivity contribution in [1.82, 2.24) is 4.98 Å². The molecule has 1 rings (SSSR count). The van der Waals surface area contributed by atoms with E-state index < -0.39 is 12.4 Å². The van der Waals surface area contributed by atoms with Gasteiger partial charge >= 0.3 is 5.97 Å². The normalized spacial score (nSPS) is 10.6. The van der Waals surface area contributed by atoms with Gasteiger partial charge in [0.1, 0.15) is 5.15 Å². The second-order valence-electron chi connectivity index (χ2n) is 2.99. The molecule has 1 aromatic rings. The average molecular weight is 250 g/mol. The molecule has 1 heterocycles. The van der Waals surface area contributed by atoms with E-state index >= 15 is 0 Å². The molecule has 0 bridgehead atoms. The predicted octanol–water partition coefficient (Wildman–Crippen LogP) is 2.78. The Kier molecular flexibility index (Phi) is 4.61. The fraction of sp³-hybridized carbons (Fsp3) is 0.400. The number of esters is 1. The highest BCUT2D eigenvalue weighted by molar-refractivity contribution is 6.29. The highest BCUT2D eigenvalue weighted by Gasteiger charge is 2.16. The van der Waals surface area contributed by atoms with Gasteiger partial charge in [-0.25, -0.2) is 13.8 Å². The number of pyridine rings is 1. The number of carbonyl (C=O) groups is 1. The first-order valence-corrected chi connectivity index (χ1v) is 5.00. The predicted molar refractivity (Wildman–Crippen MR) is 54.5 cm³/mol. The Morgan fingerprint density at radius 3 is 2.88 bits per heavy atom. The molecular formula is C10H10ClF2NO2. The molecule has 1 aromatic heterocycles. The average Bonchev–Trinajstić information content (AvgIpc) is 2.17. The zero-order valence-electron chi connectivity index (χ0n) is 8.54.